The van der Waals surface area contributed by atoms with E-state index < -0.39 is 0 Å². The van der Waals surface area contributed by atoms with Gasteiger partial charge in [0.1, 0.15) is 0 Å². The summed E-state index contributed by atoms with van der Waals surface area (Å²) in [5, 5.41) is 0. The minimum absolute atomic E-state index is 0.0880. The summed E-state index contributed by atoms with van der Waals surface area (Å²) in [6.07, 6.45) is 5.53. The molecule has 1 saturated heterocycles. The van der Waals surface area contributed by atoms with E-state index in [4.69, 9.17) is 14.0 Å². The second-order valence-electron chi connectivity index (χ2n) is 7.02. The van der Waals surface area contributed by atoms with E-state index >= 15 is 0 Å². The Labute approximate surface area is 128 Å². The molecule has 1 fully saturated rings. The van der Waals surface area contributed by atoms with Gasteiger partial charge in [-0.05, 0) is 65.3 Å². The fourth-order valence-electron chi connectivity index (χ4n) is 2.76. The maximum Gasteiger partial charge on any atom is 0.490 e. The lowest BCUT2D eigenvalue weighted by molar-refractivity contribution is -0.144. The van der Waals surface area contributed by atoms with E-state index in [0.717, 1.165) is 19.3 Å². The molecule has 2 rings (SSSR count). The summed E-state index contributed by atoms with van der Waals surface area (Å²) in [5.74, 6) is 0.296. The number of carbonyl (C=O) groups is 1. The van der Waals surface area contributed by atoms with Gasteiger partial charge in [0.25, 0.3) is 0 Å². The Kier molecular flexibility index (Phi) is 4.84. The van der Waals surface area contributed by atoms with Gasteiger partial charge in [0.15, 0.2) is 0 Å². The molecule has 0 aromatic rings. The third-order valence-electron chi connectivity index (χ3n) is 4.87. The molecule has 0 aromatic heterocycles. The van der Waals surface area contributed by atoms with Gasteiger partial charge in [-0.1, -0.05) is 6.08 Å². The molecule has 118 valence electrons. The van der Waals surface area contributed by atoms with E-state index in [0.29, 0.717) is 18.9 Å². The average Bonchev–Trinajstić information content (AvgIpc) is 2.59. The van der Waals surface area contributed by atoms with Crippen molar-refractivity contribution < 1.29 is 18.8 Å². The summed E-state index contributed by atoms with van der Waals surface area (Å²) in [6, 6.07) is 0. The molecule has 1 heterocycles. The lowest BCUT2D eigenvalue weighted by Crippen LogP contribution is -2.41. The van der Waals surface area contributed by atoms with Crippen LogP contribution in [0.15, 0.2) is 11.5 Å². The van der Waals surface area contributed by atoms with Crippen molar-refractivity contribution >= 4 is 13.1 Å². The van der Waals surface area contributed by atoms with Crippen molar-refractivity contribution in [1.82, 2.24) is 0 Å². The number of rotatable bonds is 4. The van der Waals surface area contributed by atoms with E-state index in [1.807, 2.05) is 6.92 Å². The SMILES string of the molecule is CCOC(=O)C[C@@H]1CC=C(B2OC(C)(C)C(C)(C)O2)CC1. The molecule has 0 spiro atoms. The molecule has 2 aliphatic rings. The molecule has 4 nitrogen and oxygen atoms in total. The lowest BCUT2D eigenvalue weighted by atomic mass is 9.70. The largest absolute Gasteiger partial charge is 0.490 e. The number of allylic oxidation sites excluding steroid dienone is 2. The molecule has 0 unspecified atom stereocenters. The molecule has 5 heteroatoms. The summed E-state index contributed by atoms with van der Waals surface area (Å²) in [4.78, 5) is 11.5. The molecular formula is C16H27BO4. The van der Waals surface area contributed by atoms with Crippen LogP contribution < -0.4 is 0 Å². The Morgan fingerprint density at radius 1 is 1.33 bits per heavy atom. The van der Waals surface area contributed by atoms with Gasteiger partial charge in [-0.2, -0.15) is 0 Å². The van der Waals surface area contributed by atoms with Gasteiger partial charge in [0.05, 0.1) is 17.8 Å². The van der Waals surface area contributed by atoms with Crippen LogP contribution in [0.25, 0.3) is 0 Å². The third-order valence-corrected chi connectivity index (χ3v) is 4.87. The quantitative estimate of drug-likeness (QED) is 0.589. The first-order valence-corrected chi connectivity index (χ1v) is 7.95. The van der Waals surface area contributed by atoms with Gasteiger partial charge < -0.3 is 14.0 Å². The van der Waals surface area contributed by atoms with Crippen LogP contribution in [0.4, 0.5) is 0 Å². The predicted octanol–water partition coefficient (Wildman–Crippen LogP) is 3.30. The summed E-state index contributed by atoms with van der Waals surface area (Å²) < 4.78 is 17.2. The van der Waals surface area contributed by atoms with Crippen LogP contribution in [0.5, 0.6) is 0 Å². The molecule has 0 aromatic carbocycles. The highest BCUT2D eigenvalue weighted by molar-refractivity contribution is 6.54. The van der Waals surface area contributed by atoms with Crippen molar-refractivity contribution in [2.24, 2.45) is 5.92 Å². The van der Waals surface area contributed by atoms with Crippen molar-refractivity contribution in [3.05, 3.63) is 11.5 Å². The van der Waals surface area contributed by atoms with Gasteiger partial charge in [-0.15, -0.1) is 0 Å². The summed E-state index contributed by atoms with van der Waals surface area (Å²) >= 11 is 0. The van der Waals surface area contributed by atoms with Gasteiger partial charge >= 0.3 is 13.1 Å². The van der Waals surface area contributed by atoms with Crippen LogP contribution in [-0.4, -0.2) is 30.9 Å². The average molecular weight is 294 g/mol. The van der Waals surface area contributed by atoms with Crippen molar-refractivity contribution in [3.8, 4) is 0 Å². The molecule has 0 bridgehead atoms. The summed E-state index contributed by atoms with van der Waals surface area (Å²) in [6.45, 7) is 10.6. The Bertz CT molecular complexity index is 412. The number of hydrogen-bond acceptors (Lipinski definition) is 4. The Morgan fingerprint density at radius 3 is 2.43 bits per heavy atom. The van der Waals surface area contributed by atoms with Gasteiger partial charge in [-0.3, -0.25) is 4.79 Å². The summed E-state index contributed by atoms with van der Waals surface area (Å²) in [5.41, 5.74) is 0.634. The number of esters is 1. The second kappa shape index (κ2) is 6.13. The van der Waals surface area contributed by atoms with Crippen LogP contribution in [0.2, 0.25) is 0 Å². The Morgan fingerprint density at radius 2 is 1.95 bits per heavy atom. The first kappa shape index (κ1) is 16.6. The van der Waals surface area contributed by atoms with Crippen LogP contribution in [-0.2, 0) is 18.8 Å². The lowest BCUT2D eigenvalue weighted by Gasteiger charge is -2.32. The van der Waals surface area contributed by atoms with E-state index in [2.05, 4.69) is 33.8 Å². The minimum Gasteiger partial charge on any atom is -0.466 e. The zero-order valence-corrected chi connectivity index (χ0v) is 13.9. The van der Waals surface area contributed by atoms with E-state index in [1.54, 1.807) is 0 Å². The predicted molar refractivity (Wildman–Crippen MR) is 82.8 cm³/mol. The van der Waals surface area contributed by atoms with Crippen LogP contribution in [0.1, 0.15) is 60.3 Å². The molecule has 1 aliphatic carbocycles. The third kappa shape index (κ3) is 3.69. The molecule has 1 aliphatic heterocycles. The minimum atomic E-state index is -0.291. The zero-order valence-electron chi connectivity index (χ0n) is 13.9. The van der Waals surface area contributed by atoms with Crippen molar-refractivity contribution in [2.45, 2.75) is 71.5 Å². The van der Waals surface area contributed by atoms with Gasteiger partial charge in [0, 0.05) is 6.42 Å². The van der Waals surface area contributed by atoms with Crippen molar-refractivity contribution in [1.29, 1.82) is 0 Å². The summed E-state index contributed by atoms with van der Waals surface area (Å²) in [7, 11) is -0.237. The Hall–Kier alpha value is -0.805. The smallest absolute Gasteiger partial charge is 0.466 e. The fraction of sp³-hybridized carbons (Fsp3) is 0.812. The first-order valence-electron chi connectivity index (χ1n) is 7.95. The van der Waals surface area contributed by atoms with E-state index in [9.17, 15) is 4.79 Å². The number of carbonyl (C=O) groups excluding carboxylic acids is 1. The van der Waals surface area contributed by atoms with E-state index in [1.165, 1.54) is 5.47 Å². The highest BCUT2D eigenvalue weighted by atomic mass is 16.7. The topological polar surface area (TPSA) is 44.8 Å². The monoisotopic (exact) mass is 294 g/mol. The van der Waals surface area contributed by atoms with Crippen LogP contribution >= 0.6 is 0 Å². The van der Waals surface area contributed by atoms with Crippen LogP contribution in [0, 0.1) is 5.92 Å². The van der Waals surface area contributed by atoms with Gasteiger partial charge in [-0.25, -0.2) is 0 Å². The van der Waals surface area contributed by atoms with Crippen molar-refractivity contribution in [3.63, 3.8) is 0 Å². The first-order chi connectivity index (χ1) is 9.75. The second-order valence-corrected chi connectivity index (χ2v) is 7.02. The molecular weight excluding hydrogens is 267 g/mol. The van der Waals surface area contributed by atoms with Crippen LogP contribution in [0.3, 0.4) is 0 Å². The molecule has 0 N–H and O–H groups in total. The normalized spacial score (nSPS) is 27.4. The molecule has 1 atom stereocenters. The highest BCUT2D eigenvalue weighted by Crippen LogP contribution is 2.40. The molecule has 0 saturated carbocycles. The zero-order chi connectivity index (χ0) is 15.7. The van der Waals surface area contributed by atoms with Crippen molar-refractivity contribution in [2.75, 3.05) is 6.61 Å². The fourth-order valence-corrected chi connectivity index (χ4v) is 2.76. The molecule has 0 amide bonds. The van der Waals surface area contributed by atoms with Gasteiger partial charge in [0.2, 0.25) is 0 Å². The highest BCUT2D eigenvalue weighted by Gasteiger charge is 2.52. The molecule has 0 radical (unpaired) electrons. The maximum atomic E-state index is 11.5. The maximum absolute atomic E-state index is 11.5. The molecule has 21 heavy (non-hydrogen) atoms. The Balaban J connectivity index is 1.91. The number of hydrogen-bond donors (Lipinski definition) is 0. The standard InChI is InChI=1S/C16H27BO4/c1-6-19-14(18)11-12-7-9-13(10-8-12)17-20-15(2,3)16(4,5)21-17/h9,12H,6-8,10-11H2,1-5H3/t12-/m1/s1. The number of ether oxygens (including phenoxy) is 1. The van der Waals surface area contributed by atoms with E-state index in [-0.39, 0.29) is 24.3 Å².